The molecule has 0 aliphatic rings. The first kappa shape index (κ1) is 13.3. The number of hydrogen-bond donors (Lipinski definition) is 2. The maximum atomic E-state index is 11.9. The Bertz CT molecular complexity index is 873. The maximum absolute atomic E-state index is 11.9. The molecule has 0 bridgehead atoms. The Hall–Kier alpha value is -2.66. The van der Waals surface area contributed by atoms with Crippen LogP contribution in [-0.4, -0.2) is 16.2 Å². The van der Waals surface area contributed by atoms with Gasteiger partial charge in [0.05, 0.1) is 17.2 Å². The monoisotopic (exact) mass is 298 g/mol. The molecule has 3 aromatic rings. The Labute approximate surface area is 125 Å². The van der Waals surface area contributed by atoms with Crippen molar-refractivity contribution in [2.45, 2.75) is 0 Å². The summed E-state index contributed by atoms with van der Waals surface area (Å²) in [5.74, 6) is 0.136. The van der Waals surface area contributed by atoms with E-state index in [4.69, 9.17) is 11.6 Å². The number of anilines is 1. The van der Waals surface area contributed by atoms with Crippen molar-refractivity contribution in [3.8, 4) is 0 Å². The molecule has 0 fully saturated rings. The molecule has 0 spiro atoms. The number of aromatic amines is 1. The zero-order chi connectivity index (χ0) is 14.7. The molecule has 6 heteroatoms. The van der Waals surface area contributed by atoms with Crippen molar-refractivity contribution < 1.29 is 0 Å². The highest BCUT2D eigenvalue weighted by Crippen LogP contribution is 2.12. The lowest BCUT2D eigenvalue weighted by atomic mass is 10.2. The van der Waals surface area contributed by atoms with Gasteiger partial charge in [-0.1, -0.05) is 41.9 Å². The maximum Gasteiger partial charge on any atom is 0.293 e. The molecule has 21 heavy (non-hydrogen) atoms. The predicted molar refractivity (Wildman–Crippen MR) is 85.0 cm³/mol. The van der Waals surface area contributed by atoms with Gasteiger partial charge in [-0.05, 0) is 18.2 Å². The summed E-state index contributed by atoms with van der Waals surface area (Å²) in [5.41, 5.74) is 4.43. The number of aromatic nitrogens is 2. The molecule has 3 rings (SSSR count). The van der Waals surface area contributed by atoms with Crippen LogP contribution in [0, 0.1) is 0 Å². The van der Waals surface area contributed by atoms with Gasteiger partial charge >= 0.3 is 0 Å². The molecule has 0 unspecified atom stereocenters. The number of halogens is 1. The Kier molecular flexibility index (Phi) is 3.66. The van der Waals surface area contributed by atoms with Crippen LogP contribution in [0.2, 0.25) is 5.02 Å². The quantitative estimate of drug-likeness (QED) is 0.577. The molecule has 0 aliphatic carbocycles. The van der Waals surface area contributed by atoms with Crippen molar-refractivity contribution in [2.75, 3.05) is 5.43 Å². The fraction of sp³-hybridized carbons (Fsp3) is 0. The van der Waals surface area contributed by atoms with Crippen molar-refractivity contribution in [2.24, 2.45) is 5.10 Å². The second-order valence-electron chi connectivity index (χ2n) is 4.32. The summed E-state index contributed by atoms with van der Waals surface area (Å²) in [7, 11) is 0. The molecule has 1 heterocycles. The number of hydrazone groups is 1. The highest BCUT2D eigenvalue weighted by atomic mass is 35.5. The first-order valence-corrected chi connectivity index (χ1v) is 6.64. The van der Waals surface area contributed by atoms with Crippen molar-refractivity contribution in [3.05, 3.63) is 69.5 Å². The topological polar surface area (TPSA) is 70.1 Å². The van der Waals surface area contributed by atoms with E-state index in [1.165, 1.54) is 0 Å². The van der Waals surface area contributed by atoms with Crippen molar-refractivity contribution >= 4 is 34.7 Å². The number of nitrogens with one attached hydrogen (secondary N) is 2. The molecule has 0 radical (unpaired) electrons. The lowest BCUT2D eigenvalue weighted by molar-refractivity contribution is 1.17. The molecule has 104 valence electrons. The van der Waals surface area contributed by atoms with Crippen LogP contribution in [0.3, 0.4) is 0 Å². The Morgan fingerprint density at radius 1 is 1.14 bits per heavy atom. The molecule has 2 aromatic carbocycles. The van der Waals surface area contributed by atoms with Gasteiger partial charge in [-0.2, -0.15) is 5.10 Å². The minimum Gasteiger partial charge on any atom is -0.317 e. The van der Waals surface area contributed by atoms with Gasteiger partial charge in [0.2, 0.25) is 5.82 Å². The zero-order valence-electron chi connectivity index (χ0n) is 10.9. The van der Waals surface area contributed by atoms with Gasteiger partial charge in [0.25, 0.3) is 5.56 Å². The van der Waals surface area contributed by atoms with Crippen LogP contribution in [-0.2, 0) is 0 Å². The van der Waals surface area contributed by atoms with Gasteiger partial charge in [0.15, 0.2) is 0 Å². The van der Waals surface area contributed by atoms with Crippen LogP contribution in [0.1, 0.15) is 5.56 Å². The molecule has 0 aliphatic heterocycles. The van der Waals surface area contributed by atoms with Crippen LogP contribution >= 0.6 is 11.6 Å². The summed E-state index contributed by atoms with van der Waals surface area (Å²) in [6.07, 6.45) is 1.54. The minimum atomic E-state index is -0.329. The van der Waals surface area contributed by atoms with Crippen molar-refractivity contribution in [1.29, 1.82) is 0 Å². The van der Waals surface area contributed by atoms with E-state index in [1.54, 1.807) is 18.3 Å². The van der Waals surface area contributed by atoms with E-state index in [2.05, 4.69) is 20.5 Å². The van der Waals surface area contributed by atoms with E-state index in [-0.39, 0.29) is 11.4 Å². The van der Waals surface area contributed by atoms with Crippen molar-refractivity contribution in [1.82, 2.24) is 9.97 Å². The van der Waals surface area contributed by atoms with Crippen LogP contribution in [0.4, 0.5) is 5.82 Å². The molecule has 0 amide bonds. The smallest absolute Gasteiger partial charge is 0.293 e. The van der Waals surface area contributed by atoms with E-state index >= 15 is 0 Å². The number of para-hydroxylation sites is 2. The van der Waals surface area contributed by atoms with Gasteiger partial charge in [0.1, 0.15) is 0 Å². The summed E-state index contributed by atoms with van der Waals surface area (Å²) in [5, 5.41) is 4.58. The first-order chi connectivity index (χ1) is 10.2. The normalized spacial score (nSPS) is 11.1. The summed E-state index contributed by atoms with van der Waals surface area (Å²) in [6, 6.07) is 14.6. The number of nitrogens with zero attached hydrogens (tertiary/aromatic N) is 2. The number of hydrogen-bond acceptors (Lipinski definition) is 4. The Morgan fingerprint density at radius 3 is 2.76 bits per heavy atom. The number of rotatable bonds is 3. The van der Waals surface area contributed by atoms with Gasteiger partial charge in [0, 0.05) is 10.6 Å². The number of H-pyrrole nitrogens is 1. The van der Waals surface area contributed by atoms with Gasteiger partial charge in [-0.3, -0.25) is 10.2 Å². The highest BCUT2D eigenvalue weighted by Gasteiger charge is 2.02. The van der Waals surface area contributed by atoms with E-state index in [0.717, 1.165) is 5.56 Å². The molecule has 0 saturated heterocycles. The minimum absolute atomic E-state index is 0.136. The van der Waals surface area contributed by atoms with E-state index < -0.39 is 0 Å². The second-order valence-corrected chi connectivity index (χ2v) is 4.73. The molecular formula is C15H11ClN4O. The first-order valence-electron chi connectivity index (χ1n) is 6.27. The highest BCUT2D eigenvalue weighted by molar-refractivity contribution is 6.33. The van der Waals surface area contributed by atoms with Crippen LogP contribution < -0.4 is 11.0 Å². The van der Waals surface area contributed by atoms with Crippen LogP contribution in [0.15, 0.2) is 58.4 Å². The molecule has 2 N–H and O–H groups in total. The van der Waals surface area contributed by atoms with Crippen LogP contribution in [0.5, 0.6) is 0 Å². The summed E-state index contributed by atoms with van der Waals surface area (Å²) in [6.45, 7) is 0. The molecule has 1 aromatic heterocycles. The summed E-state index contributed by atoms with van der Waals surface area (Å²) >= 11 is 6.01. The number of fused-ring (bicyclic) bond motifs is 1. The fourth-order valence-corrected chi connectivity index (χ4v) is 2.03. The summed E-state index contributed by atoms with van der Waals surface area (Å²) < 4.78 is 0. The van der Waals surface area contributed by atoms with E-state index in [9.17, 15) is 4.79 Å². The van der Waals surface area contributed by atoms with Crippen LogP contribution in [0.25, 0.3) is 11.0 Å². The lowest BCUT2D eigenvalue weighted by Crippen LogP contribution is -2.13. The molecule has 5 nitrogen and oxygen atoms in total. The molecule has 0 saturated carbocycles. The average molecular weight is 299 g/mol. The second kappa shape index (κ2) is 5.76. The third-order valence-corrected chi connectivity index (χ3v) is 3.22. The van der Waals surface area contributed by atoms with Gasteiger partial charge in [-0.25, -0.2) is 4.98 Å². The largest absolute Gasteiger partial charge is 0.317 e. The fourth-order valence-electron chi connectivity index (χ4n) is 1.85. The lowest BCUT2D eigenvalue weighted by Gasteiger charge is -2.01. The average Bonchev–Trinajstić information content (AvgIpc) is 2.49. The Morgan fingerprint density at radius 2 is 1.90 bits per heavy atom. The summed E-state index contributed by atoms with van der Waals surface area (Å²) in [4.78, 5) is 18.8. The van der Waals surface area contributed by atoms with Crippen molar-refractivity contribution in [3.63, 3.8) is 0 Å². The van der Waals surface area contributed by atoms with E-state index in [0.29, 0.717) is 16.1 Å². The van der Waals surface area contributed by atoms with Gasteiger partial charge < -0.3 is 4.98 Å². The Balaban J connectivity index is 1.87. The zero-order valence-corrected chi connectivity index (χ0v) is 11.6. The SMILES string of the molecule is O=c1[nH]c2ccccc2nc1N/N=C\c1ccccc1Cl. The third kappa shape index (κ3) is 2.93. The van der Waals surface area contributed by atoms with Gasteiger partial charge in [-0.15, -0.1) is 0 Å². The third-order valence-electron chi connectivity index (χ3n) is 2.88. The molecular weight excluding hydrogens is 288 g/mol. The molecule has 0 atom stereocenters. The number of benzene rings is 2. The van der Waals surface area contributed by atoms with E-state index in [1.807, 2.05) is 36.4 Å². The predicted octanol–water partition coefficient (Wildman–Crippen LogP) is 3.02. The standard InChI is InChI=1S/C15H11ClN4O/c16-11-6-2-1-5-10(11)9-17-20-14-15(21)19-13-8-4-3-7-12(13)18-14/h1-9H,(H,18,20)(H,19,21)/b17-9-.